The zero-order valence-corrected chi connectivity index (χ0v) is 56.7. The molecule has 0 heterocycles. The van der Waals surface area contributed by atoms with Gasteiger partial charge in [-0.15, -0.1) is 0 Å². The molecule has 85 heavy (non-hydrogen) atoms. The molecule has 0 aromatic rings. The summed E-state index contributed by atoms with van der Waals surface area (Å²) >= 11 is 0. The molecule has 4 unspecified atom stereocenters. The highest BCUT2D eigenvalue weighted by Crippen LogP contribution is 2.45. The monoisotopic (exact) mass is 1250 g/mol. The number of hydrogen-bond donors (Lipinski definition) is 3. The number of phosphoric ester groups is 2. The molecule has 0 saturated carbocycles. The van der Waals surface area contributed by atoms with Crippen molar-refractivity contribution >= 4 is 39.5 Å². The molecule has 0 bridgehead atoms. The molecule has 504 valence electrons. The fourth-order valence-electron chi connectivity index (χ4n) is 9.82. The fourth-order valence-corrected chi connectivity index (χ4v) is 11.4. The first-order chi connectivity index (χ1) is 40.9. The summed E-state index contributed by atoms with van der Waals surface area (Å²) in [5, 5.41) is 10.5. The lowest BCUT2D eigenvalue weighted by Crippen LogP contribution is -2.30. The third-order valence-electron chi connectivity index (χ3n) is 15.9. The number of unbranched alkanes of at least 4 members (excludes halogenated alkanes) is 33. The van der Waals surface area contributed by atoms with Gasteiger partial charge in [-0.25, -0.2) is 9.13 Å². The van der Waals surface area contributed by atoms with Crippen molar-refractivity contribution in [2.75, 3.05) is 39.6 Å². The Labute approximate surface area is 517 Å². The molecule has 0 aromatic carbocycles. The number of aliphatic hydroxyl groups is 1. The van der Waals surface area contributed by atoms with E-state index in [1.54, 1.807) is 0 Å². The van der Waals surface area contributed by atoms with E-state index in [-0.39, 0.29) is 25.7 Å². The zero-order valence-electron chi connectivity index (χ0n) is 54.9. The fraction of sp³-hybridized carbons (Fsp3) is 0.939. The van der Waals surface area contributed by atoms with Crippen molar-refractivity contribution in [2.45, 2.75) is 349 Å². The van der Waals surface area contributed by atoms with Crippen LogP contribution in [0.5, 0.6) is 0 Å². The number of aliphatic hydroxyl groups excluding tert-OH is 1. The number of carbonyl (C=O) groups excluding carboxylic acids is 4. The summed E-state index contributed by atoms with van der Waals surface area (Å²) in [5.41, 5.74) is 0. The molecular formula is C66H128O17P2. The molecule has 19 heteroatoms. The molecule has 0 saturated heterocycles. The number of carbonyl (C=O) groups is 4. The summed E-state index contributed by atoms with van der Waals surface area (Å²) in [6, 6.07) is 0. The van der Waals surface area contributed by atoms with Crippen molar-refractivity contribution in [3.05, 3.63) is 0 Å². The summed E-state index contributed by atoms with van der Waals surface area (Å²) in [6.07, 6.45) is 41.9. The van der Waals surface area contributed by atoms with E-state index in [4.69, 9.17) is 37.0 Å². The minimum atomic E-state index is -4.95. The van der Waals surface area contributed by atoms with Crippen LogP contribution in [-0.4, -0.2) is 96.7 Å². The van der Waals surface area contributed by atoms with Gasteiger partial charge in [0.05, 0.1) is 26.4 Å². The van der Waals surface area contributed by atoms with Gasteiger partial charge in [0.25, 0.3) is 0 Å². The van der Waals surface area contributed by atoms with Gasteiger partial charge in [-0.05, 0) is 37.5 Å². The van der Waals surface area contributed by atoms with E-state index < -0.39 is 97.5 Å². The molecule has 17 nitrogen and oxygen atoms in total. The quantitative estimate of drug-likeness (QED) is 0.0222. The van der Waals surface area contributed by atoms with Gasteiger partial charge < -0.3 is 33.8 Å². The molecule has 0 aliphatic heterocycles. The average Bonchev–Trinajstić information content (AvgIpc) is 3.56. The van der Waals surface area contributed by atoms with Crippen LogP contribution in [0.15, 0.2) is 0 Å². The average molecular weight is 1260 g/mol. The van der Waals surface area contributed by atoms with E-state index in [2.05, 4.69) is 41.5 Å². The van der Waals surface area contributed by atoms with Gasteiger partial charge in [-0.2, -0.15) is 0 Å². The van der Waals surface area contributed by atoms with Crippen LogP contribution in [0.2, 0.25) is 0 Å². The summed E-state index contributed by atoms with van der Waals surface area (Å²) in [7, 11) is -9.88. The van der Waals surface area contributed by atoms with E-state index in [9.17, 15) is 43.2 Å². The van der Waals surface area contributed by atoms with Crippen LogP contribution in [0, 0.1) is 11.8 Å². The third kappa shape index (κ3) is 58.2. The van der Waals surface area contributed by atoms with E-state index in [1.807, 2.05) is 0 Å². The first-order valence-electron chi connectivity index (χ1n) is 34.6. The van der Waals surface area contributed by atoms with Crippen molar-refractivity contribution in [3.8, 4) is 0 Å². The predicted molar refractivity (Wildman–Crippen MR) is 340 cm³/mol. The van der Waals surface area contributed by atoms with Crippen LogP contribution in [0.4, 0.5) is 0 Å². The van der Waals surface area contributed by atoms with Gasteiger partial charge >= 0.3 is 39.5 Å². The second-order valence-electron chi connectivity index (χ2n) is 24.3. The predicted octanol–water partition coefficient (Wildman–Crippen LogP) is 18.4. The maximum Gasteiger partial charge on any atom is 0.472 e. The molecule has 0 fully saturated rings. The molecule has 0 aliphatic rings. The van der Waals surface area contributed by atoms with Gasteiger partial charge in [0.2, 0.25) is 0 Å². The molecule has 7 atom stereocenters. The van der Waals surface area contributed by atoms with Crippen LogP contribution in [0.3, 0.4) is 0 Å². The van der Waals surface area contributed by atoms with Crippen molar-refractivity contribution in [1.29, 1.82) is 0 Å². The van der Waals surface area contributed by atoms with Crippen molar-refractivity contribution < 1.29 is 80.2 Å². The lowest BCUT2D eigenvalue weighted by molar-refractivity contribution is -0.161. The maximum atomic E-state index is 13.0. The Bertz CT molecular complexity index is 1670. The minimum absolute atomic E-state index is 0.104. The summed E-state index contributed by atoms with van der Waals surface area (Å²) in [6.45, 7) is 9.43. The van der Waals surface area contributed by atoms with Gasteiger partial charge in [-0.3, -0.25) is 37.3 Å². The Morgan fingerprint density at radius 1 is 0.329 bits per heavy atom. The topological polar surface area (TPSA) is 237 Å². The number of hydrogen-bond acceptors (Lipinski definition) is 15. The lowest BCUT2D eigenvalue weighted by atomic mass is 9.99. The molecule has 0 amide bonds. The van der Waals surface area contributed by atoms with E-state index >= 15 is 0 Å². The largest absolute Gasteiger partial charge is 0.472 e. The van der Waals surface area contributed by atoms with Crippen LogP contribution >= 0.6 is 15.6 Å². The summed E-state index contributed by atoms with van der Waals surface area (Å²) in [4.78, 5) is 72.1. The second-order valence-corrected chi connectivity index (χ2v) is 27.2. The van der Waals surface area contributed by atoms with Gasteiger partial charge in [0.15, 0.2) is 12.2 Å². The Morgan fingerprint density at radius 3 is 0.835 bits per heavy atom. The molecule has 0 rings (SSSR count). The van der Waals surface area contributed by atoms with Gasteiger partial charge in [-0.1, -0.05) is 279 Å². The SMILES string of the molecule is CCCCCCCCCCCCCCCCCCC(=O)O[C@H](COC(=O)CCCCCCCCCCC(C)CC)COP(=O)(O)OC[C@@H](O)COP(=O)(O)OC[C@@H](COC(=O)CCCCCCC)OC(=O)CCCCCCCCCCC(C)CC. The van der Waals surface area contributed by atoms with Gasteiger partial charge in [0.1, 0.15) is 19.3 Å². The van der Waals surface area contributed by atoms with Crippen LogP contribution in [0.25, 0.3) is 0 Å². The summed E-state index contributed by atoms with van der Waals surface area (Å²) < 4.78 is 67.9. The maximum absolute atomic E-state index is 13.0. The lowest BCUT2D eigenvalue weighted by Gasteiger charge is -2.21. The Hall–Kier alpha value is -1.94. The van der Waals surface area contributed by atoms with Gasteiger partial charge in [0, 0.05) is 25.7 Å². The Balaban J connectivity index is 5.18. The molecule has 0 radical (unpaired) electrons. The first kappa shape index (κ1) is 83.1. The standard InChI is InChI=1S/C66H128O17P2/c1-7-11-13-15-16-17-18-19-20-21-22-23-24-32-38-44-50-65(70)83-62(55-77-64(69)49-43-37-31-27-25-29-35-40-46-58(5)9-3)57-81-85(74,75)79-53-60(67)52-78-84(72,73)80-56-61(54-76-63(68)48-42-34-14-12-8-2)82-66(71)51-45-39-33-28-26-30-36-41-47-59(6)10-4/h58-62,67H,7-57H2,1-6H3,(H,72,73)(H,74,75)/t58?,59?,60-,61+,62+/m0/s1. The first-order valence-corrected chi connectivity index (χ1v) is 37.6. The molecule has 0 aromatic heterocycles. The second kappa shape index (κ2) is 58.4. The highest BCUT2D eigenvalue weighted by Gasteiger charge is 2.30. The van der Waals surface area contributed by atoms with Crippen LogP contribution in [-0.2, 0) is 65.4 Å². The smallest absolute Gasteiger partial charge is 0.462 e. The number of esters is 4. The zero-order chi connectivity index (χ0) is 62.9. The number of ether oxygens (including phenoxy) is 4. The van der Waals surface area contributed by atoms with Crippen molar-refractivity contribution in [1.82, 2.24) is 0 Å². The molecule has 0 aliphatic carbocycles. The molecular weight excluding hydrogens is 1130 g/mol. The van der Waals surface area contributed by atoms with Crippen LogP contribution in [0.1, 0.15) is 330 Å². The van der Waals surface area contributed by atoms with E-state index in [0.717, 1.165) is 108 Å². The molecule has 3 N–H and O–H groups in total. The van der Waals surface area contributed by atoms with Crippen molar-refractivity contribution in [2.24, 2.45) is 11.8 Å². The van der Waals surface area contributed by atoms with Crippen molar-refractivity contribution in [3.63, 3.8) is 0 Å². The normalized spacial score (nSPS) is 14.9. The molecule has 0 spiro atoms. The van der Waals surface area contributed by atoms with Crippen LogP contribution < -0.4 is 0 Å². The Morgan fingerprint density at radius 2 is 0.565 bits per heavy atom. The third-order valence-corrected chi connectivity index (χ3v) is 17.8. The van der Waals surface area contributed by atoms with E-state index in [1.165, 1.54) is 141 Å². The van der Waals surface area contributed by atoms with E-state index in [0.29, 0.717) is 25.7 Å². The number of rotatable bonds is 65. The number of phosphoric acid groups is 2. The minimum Gasteiger partial charge on any atom is -0.462 e. The Kier molecular flexibility index (Phi) is 57.1. The highest BCUT2D eigenvalue weighted by molar-refractivity contribution is 7.47. The summed E-state index contributed by atoms with van der Waals surface area (Å²) in [5.74, 6) is -0.594. The highest BCUT2D eigenvalue weighted by atomic mass is 31.2.